The first-order valence-electron chi connectivity index (χ1n) is 7.68. The van der Waals surface area contributed by atoms with Crippen LogP contribution < -0.4 is 10.6 Å². The quantitative estimate of drug-likeness (QED) is 0.838. The fraction of sp³-hybridized carbons (Fsp3) is 0.800. The van der Waals surface area contributed by atoms with Crippen LogP contribution in [0.3, 0.4) is 0 Å². The molecule has 3 nitrogen and oxygen atoms in total. The molecule has 1 aliphatic heterocycles. The molecule has 2 N–H and O–H groups in total. The summed E-state index contributed by atoms with van der Waals surface area (Å²) in [7, 11) is 0. The van der Waals surface area contributed by atoms with E-state index in [2.05, 4.69) is 34.8 Å². The number of rotatable bonds is 6. The molecular formula is C15H27N3S. The number of hydrogen-bond donors (Lipinski definition) is 2. The number of thiazole rings is 1. The van der Waals surface area contributed by atoms with Crippen molar-refractivity contribution < 1.29 is 0 Å². The molecule has 0 aromatic carbocycles. The summed E-state index contributed by atoms with van der Waals surface area (Å²) in [6.07, 6.45) is 9.69. The molecule has 19 heavy (non-hydrogen) atoms. The summed E-state index contributed by atoms with van der Waals surface area (Å²) in [6.45, 7) is 5.74. The summed E-state index contributed by atoms with van der Waals surface area (Å²) < 4.78 is 0. The number of hydrogen-bond acceptors (Lipinski definition) is 4. The summed E-state index contributed by atoms with van der Waals surface area (Å²) in [4.78, 5) is 4.44. The van der Waals surface area contributed by atoms with Crippen molar-refractivity contribution in [3.05, 3.63) is 16.6 Å². The second kappa shape index (κ2) is 7.98. The van der Waals surface area contributed by atoms with Gasteiger partial charge in [-0.3, -0.25) is 0 Å². The highest BCUT2D eigenvalue weighted by Crippen LogP contribution is 2.21. The zero-order chi connectivity index (χ0) is 13.5. The first kappa shape index (κ1) is 14.9. The van der Waals surface area contributed by atoms with E-state index in [1.54, 1.807) is 11.3 Å². The van der Waals surface area contributed by atoms with E-state index in [1.807, 2.05) is 6.20 Å². The van der Waals surface area contributed by atoms with E-state index >= 15 is 0 Å². The molecule has 0 bridgehead atoms. The van der Waals surface area contributed by atoms with Crippen molar-refractivity contribution in [2.45, 2.75) is 70.5 Å². The smallest absolute Gasteiger partial charge is 0.109 e. The molecule has 0 saturated carbocycles. The van der Waals surface area contributed by atoms with Gasteiger partial charge in [-0.25, -0.2) is 4.98 Å². The maximum atomic E-state index is 4.44. The molecular weight excluding hydrogens is 254 g/mol. The van der Waals surface area contributed by atoms with Crippen molar-refractivity contribution in [2.24, 2.45) is 0 Å². The Bertz CT molecular complexity index is 331. The summed E-state index contributed by atoms with van der Waals surface area (Å²) >= 11 is 1.76. The molecule has 3 unspecified atom stereocenters. The van der Waals surface area contributed by atoms with Crippen LogP contribution >= 0.6 is 11.3 Å². The molecule has 4 heteroatoms. The van der Waals surface area contributed by atoms with Crippen LogP contribution in [0.15, 0.2) is 11.6 Å². The van der Waals surface area contributed by atoms with Crippen LogP contribution in [0, 0.1) is 0 Å². The van der Waals surface area contributed by atoms with E-state index in [-0.39, 0.29) is 0 Å². The molecule has 1 aromatic rings. The van der Waals surface area contributed by atoms with E-state index in [1.165, 1.54) is 43.7 Å². The molecule has 2 rings (SSSR count). The minimum absolute atomic E-state index is 0.417. The highest BCUT2D eigenvalue weighted by molar-refractivity contribution is 7.09. The monoisotopic (exact) mass is 281 g/mol. The van der Waals surface area contributed by atoms with Crippen molar-refractivity contribution in [1.82, 2.24) is 15.6 Å². The largest absolute Gasteiger partial charge is 0.314 e. The van der Waals surface area contributed by atoms with Crippen LogP contribution in [0.1, 0.15) is 63.4 Å². The predicted octanol–water partition coefficient (Wildman–Crippen LogP) is 3.49. The highest BCUT2D eigenvalue weighted by atomic mass is 32.1. The average molecular weight is 281 g/mol. The van der Waals surface area contributed by atoms with E-state index in [4.69, 9.17) is 0 Å². The molecule has 3 atom stereocenters. The van der Waals surface area contributed by atoms with Crippen molar-refractivity contribution in [3.8, 4) is 0 Å². The zero-order valence-corrected chi connectivity index (χ0v) is 13.0. The highest BCUT2D eigenvalue weighted by Gasteiger charge is 2.18. The SMILES string of the molecule is CCC(NC(C)CC1CCCCCN1)c1nccs1. The summed E-state index contributed by atoms with van der Waals surface area (Å²) in [5.41, 5.74) is 0. The van der Waals surface area contributed by atoms with Crippen molar-refractivity contribution in [1.29, 1.82) is 0 Å². The Labute approximate surface area is 121 Å². The molecule has 0 spiro atoms. The third-order valence-electron chi connectivity index (χ3n) is 3.94. The van der Waals surface area contributed by atoms with Gasteiger partial charge in [0.15, 0.2) is 0 Å². The second-order valence-electron chi connectivity index (χ2n) is 5.63. The van der Waals surface area contributed by atoms with Gasteiger partial charge in [-0.05, 0) is 39.2 Å². The Morgan fingerprint density at radius 1 is 1.47 bits per heavy atom. The lowest BCUT2D eigenvalue weighted by atomic mass is 10.0. The topological polar surface area (TPSA) is 37.0 Å². The van der Waals surface area contributed by atoms with Crippen LogP contribution in [0.2, 0.25) is 0 Å². The first-order chi connectivity index (χ1) is 9.29. The van der Waals surface area contributed by atoms with Gasteiger partial charge >= 0.3 is 0 Å². The number of nitrogens with zero attached hydrogens (tertiary/aromatic N) is 1. The Hall–Kier alpha value is -0.450. The molecule has 1 fully saturated rings. The molecule has 1 saturated heterocycles. The predicted molar refractivity (Wildman–Crippen MR) is 82.6 cm³/mol. The Morgan fingerprint density at radius 3 is 3.11 bits per heavy atom. The maximum absolute atomic E-state index is 4.44. The summed E-state index contributed by atoms with van der Waals surface area (Å²) in [5, 5.41) is 10.7. The normalized spacial score (nSPS) is 23.8. The number of nitrogens with one attached hydrogen (secondary N) is 2. The lowest BCUT2D eigenvalue weighted by Crippen LogP contribution is -2.38. The van der Waals surface area contributed by atoms with Crippen LogP contribution in [0.4, 0.5) is 0 Å². The van der Waals surface area contributed by atoms with E-state index in [0.717, 1.165) is 6.42 Å². The molecule has 0 amide bonds. The minimum atomic E-state index is 0.417. The van der Waals surface area contributed by atoms with Gasteiger partial charge in [0.2, 0.25) is 0 Å². The van der Waals surface area contributed by atoms with Gasteiger partial charge < -0.3 is 10.6 Å². The van der Waals surface area contributed by atoms with Crippen molar-refractivity contribution in [3.63, 3.8) is 0 Å². The van der Waals surface area contributed by atoms with Gasteiger partial charge in [0.1, 0.15) is 5.01 Å². The summed E-state index contributed by atoms with van der Waals surface area (Å²) in [5.74, 6) is 0. The average Bonchev–Trinajstić information content (AvgIpc) is 2.82. The minimum Gasteiger partial charge on any atom is -0.314 e. The fourth-order valence-corrected chi connectivity index (χ4v) is 3.69. The van der Waals surface area contributed by atoms with Crippen molar-refractivity contribution in [2.75, 3.05) is 6.54 Å². The molecule has 108 valence electrons. The number of aromatic nitrogens is 1. The van der Waals surface area contributed by atoms with Crippen LogP contribution in [0.5, 0.6) is 0 Å². The fourth-order valence-electron chi connectivity index (χ4n) is 2.91. The van der Waals surface area contributed by atoms with E-state index in [9.17, 15) is 0 Å². The molecule has 1 aromatic heterocycles. The van der Waals surface area contributed by atoms with Crippen molar-refractivity contribution >= 4 is 11.3 Å². The second-order valence-corrected chi connectivity index (χ2v) is 6.56. The lowest BCUT2D eigenvalue weighted by Gasteiger charge is -2.25. The van der Waals surface area contributed by atoms with E-state index < -0.39 is 0 Å². The van der Waals surface area contributed by atoms with Gasteiger partial charge in [-0.2, -0.15) is 0 Å². The Balaban J connectivity index is 1.80. The molecule has 2 heterocycles. The Kier molecular flexibility index (Phi) is 6.28. The lowest BCUT2D eigenvalue weighted by molar-refractivity contribution is 0.367. The van der Waals surface area contributed by atoms with Crippen LogP contribution in [-0.4, -0.2) is 23.6 Å². The zero-order valence-electron chi connectivity index (χ0n) is 12.2. The van der Waals surface area contributed by atoms with Gasteiger partial charge in [0, 0.05) is 23.7 Å². The third-order valence-corrected chi connectivity index (χ3v) is 4.83. The first-order valence-corrected chi connectivity index (χ1v) is 8.56. The Morgan fingerprint density at radius 2 is 2.37 bits per heavy atom. The third kappa shape index (κ3) is 4.86. The van der Waals surface area contributed by atoms with E-state index in [0.29, 0.717) is 18.1 Å². The van der Waals surface area contributed by atoms with Crippen LogP contribution in [-0.2, 0) is 0 Å². The van der Waals surface area contributed by atoms with Gasteiger partial charge in [0.05, 0.1) is 6.04 Å². The van der Waals surface area contributed by atoms with Crippen LogP contribution in [0.25, 0.3) is 0 Å². The molecule has 1 aliphatic rings. The summed E-state index contributed by atoms with van der Waals surface area (Å²) in [6, 6.07) is 1.66. The van der Waals surface area contributed by atoms with Gasteiger partial charge in [0.25, 0.3) is 0 Å². The maximum Gasteiger partial charge on any atom is 0.109 e. The molecule has 0 radical (unpaired) electrons. The molecule has 0 aliphatic carbocycles. The van der Waals surface area contributed by atoms with Gasteiger partial charge in [-0.1, -0.05) is 19.8 Å². The van der Waals surface area contributed by atoms with Gasteiger partial charge in [-0.15, -0.1) is 11.3 Å². The standard InChI is InChI=1S/C15H27N3S/c1-3-14(15-17-9-10-19-15)18-12(2)11-13-7-5-4-6-8-16-13/h9-10,12-14,16,18H,3-8,11H2,1-2H3.